The van der Waals surface area contributed by atoms with E-state index in [2.05, 4.69) is 39.8 Å². The van der Waals surface area contributed by atoms with Crippen LogP contribution in [0, 0.1) is 0 Å². The topological polar surface area (TPSA) is 27.3 Å². The zero-order valence-corrected chi connectivity index (χ0v) is 11.7. The van der Waals surface area contributed by atoms with Gasteiger partial charge in [-0.05, 0) is 43.0 Å². The number of benzene rings is 1. The van der Waals surface area contributed by atoms with E-state index in [1.54, 1.807) is 0 Å². The summed E-state index contributed by atoms with van der Waals surface area (Å²) in [4.78, 5) is 2.54. The molecule has 3 rings (SSSR count). The lowest BCUT2D eigenvalue weighted by Crippen LogP contribution is -2.42. The van der Waals surface area contributed by atoms with Gasteiger partial charge in [0.05, 0.1) is 0 Å². The van der Waals surface area contributed by atoms with E-state index in [0.717, 1.165) is 25.6 Å². The van der Waals surface area contributed by atoms with Crippen LogP contribution in [0.1, 0.15) is 29.9 Å². The Labute approximate surface area is 116 Å². The molecule has 2 N–H and O–H groups in total. The van der Waals surface area contributed by atoms with Crippen LogP contribution in [0.2, 0.25) is 0 Å². The molecular weight excluding hydrogens is 234 g/mol. The maximum absolute atomic E-state index is 3.44. The summed E-state index contributed by atoms with van der Waals surface area (Å²) in [6, 6.07) is 9.37. The summed E-state index contributed by atoms with van der Waals surface area (Å²) in [6.45, 7) is 8.07. The average Bonchev–Trinajstić information content (AvgIpc) is 2.50. The van der Waals surface area contributed by atoms with Crippen molar-refractivity contribution in [2.45, 2.75) is 25.3 Å². The molecule has 3 nitrogen and oxygen atoms in total. The van der Waals surface area contributed by atoms with Crippen molar-refractivity contribution in [1.29, 1.82) is 0 Å². The molecule has 0 unspecified atom stereocenters. The van der Waals surface area contributed by atoms with E-state index in [9.17, 15) is 0 Å². The highest BCUT2D eigenvalue weighted by Crippen LogP contribution is 2.25. The van der Waals surface area contributed by atoms with E-state index in [0.29, 0.717) is 0 Å². The van der Waals surface area contributed by atoms with Crippen molar-refractivity contribution < 1.29 is 0 Å². The van der Waals surface area contributed by atoms with Crippen LogP contribution in [-0.2, 0) is 6.54 Å². The van der Waals surface area contributed by atoms with Crippen LogP contribution >= 0.6 is 0 Å². The molecule has 104 valence electrons. The van der Waals surface area contributed by atoms with Crippen molar-refractivity contribution in [1.82, 2.24) is 15.5 Å². The van der Waals surface area contributed by atoms with Gasteiger partial charge in [-0.25, -0.2) is 0 Å². The average molecular weight is 259 g/mol. The fourth-order valence-electron chi connectivity index (χ4n) is 3.18. The van der Waals surface area contributed by atoms with Gasteiger partial charge in [0.25, 0.3) is 0 Å². The normalized spacial score (nSPS) is 22.5. The van der Waals surface area contributed by atoms with Crippen LogP contribution in [0.5, 0.6) is 0 Å². The predicted molar refractivity (Wildman–Crippen MR) is 79.4 cm³/mol. The largest absolute Gasteiger partial charge is 0.317 e. The van der Waals surface area contributed by atoms with Gasteiger partial charge in [-0.2, -0.15) is 0 Å². The first kappa shape index (κ1) is 13.1. The molecule has 1 aromatic carbocycles. The highest BCUT2D eigenvalue weighted by Gasteiger charge is 2.15. The first-order valence-corrected chi connectivity index (χ1v) is 7.64. The van der Waals surface area contributed by atoms with Gasteiger partial charge in [-0.15, -0.1) is 0 Å². The molecule has 2 aliphatic rings. The third-order valence-corrected chi connectivity index (χ3v) is 4.41. The van der Waals surface area contributed by atoms with Crippen LogP contribution in [-0.4, -0.2) is 44.2 Å². The first-order valence-electron chi connectivity index (χ1n) is 7.64. The number of hydrogen-bond donors (Lipinski definition) is 2. The molecule has 2 heterocycles. The number of piperazine rings is 1. The Balaban J connectivity index is 1.58. The van der Waals surface area contributed by atoms with Crippen LogP contribution in [0.4, 0.5) is 0 Å². The van der Waals surface area contributed by atoms with E-state index in [1.807, 2.05) is 0 Å². The van der Waals surface area contributed by atoms with E-state index in [-0.39, 0.29) is 0 Å². The molecule has 19 heavy (non-hydrogen) atoms. The Hall–Kier alpha value is -0.900. The Morgan fingerprint density at radius 1 is 0.895 bits per heavy atom. The number of rotatable bonds is 3. The van der Waals surface area contributed by atoms with Crippen molar-refractivity contribution in [3.63, 3.8) is 0 Å². The number of piperidine rings is 1. The highest BCUT2D eigenvalue weighted by molar-refractivity contribution is 5.26. The summed E-state index contributed by atoms with van der Waals surface area (Å²) in [6.07, 6.45) is 2.58. The lowest BCUT2D eigenvalue weighted by atomic mass is 9.90. The van der Waals surface area contributed by atoms with Gasteiger partial charge < -0.3 is 10.6 Å². The van der Waals surface area contributed by atoms with Gasteiger partial charge in [-0.1, -0.05) is 24.3 Å². The lowest BCUT2D eigenvalue weighted by molar-refractivity contribution is 0.233. The van der Waals surface area contributed by atoms with Crippen molar-refractivity contribution in [3.8, 4) is 0 Å². The molecule has 3 heteroatoms. The first-order chi connectivity index (χ1) is 9.42. The summed E-state index contributed by atoms with van der Waals surface area (Å²) in [5, 5.41) is 6.84. The summed E-state index contributed by atoms with van der Waals surface area (Å²) in [7, 11) is 0. The fourth-order valence-corrected chi connectivity index (χ4v) is 3.18. The minimum Gasteiger partial charge on any atom is -0.317 e. The zero-order valence-electron chi connectivity index (χ0n) is 11.7. The lowest BCUT2D eigenvalue weighted by Gasteiger charge is -2.27. The molecular formula is C16H25N3. The van der Waals surface area contributed by atoms with Gasteiger partial charge in [0, 0.05) is 32.7 Å². The van der Waals surface area contributed by atoms with Crippen molar-refractivity contribution >= 4 is 0 Å². The SMILES string of the molecule is c1cc(C2CCNCC2)ccc1CN1CCNCC1. The molecule has 0 aromatic heterocycles. The Kier molecular flexibility index (Phi) is 4.49. The second-order valence-corrected chi connectivity index (χ2v) is 5.79. The minimum atomic E-state index is 0.773. The second-order valence-electron chi connectivity index (χ2n) is 5.79. The van der Waals surface area contributed by atoms with E-state index < -0.39 is 0 Å². The van der Waals surface area contributed by atoms with Crippen LogP contribution in [0.25, 0.3) is 0 Å². The van der Waals surface area contributed by atoms with Gasteiger partial charge in [0.2, 0.25) is 0 Å². The third-order valence-electron chi connectivity index (χ3n) is 4.41. The molecule has 0 saturated carbocycles. The molecule has 0 atom stereocenters. The van der Waals surface area contributed by atoms with Crippen molar-refractivity contribution in [2.24, 2.45) is 0 Å². The third kappa shape index (κ3) is 3.56. The predicted octanol–water partition coefficient (Wildman–Crippen LogP) is 1.56. The smallest absolute Gasteiger partial charge is 0.0234 e. The monoisotopic (exact) mass is 259 g/mol. The standard InChI is InChI=1S/C16H25N3/c1-3-15(16-5-7-17-8-6-16)4-2-14(1)13-19-11-9-18-10-12-19/h1-4,16-18H,5-13H2. The Morgan fingerprint density at radius 3 is 2.21 bits per heavy atom. The molecule has 2 saturated heterocycles. The van der Waals surface area contributed by atoms with Crippen LogP contribution < -0.4 is 10.6 Å². The summed E-state index contributed by atoms with van der Waals surface area (Å²) < 4.78 is 0. The molecule has 0 bridgehead atoms. The molecule has 0 spiro atoms. The molecule has 2 fully saturated rings. The van der Waals surface area contributed by atoms with E-state index >= 15 is 0 Å². The number of hydrogen-bond acceptors (Lipinski definition) is 3. The zero-order chi connectivity index (χ0) is 12.9. The Bertz CT molecular complexity index is 375. The minimum absolute atomic E-state index is 0.773. The Morgan fingerprint density at radius 2 is 1.53 bits per heavy atom. The van der Waals surface area contributed by atoms with E-state index in [1.165, 1.54) is 50.1 Å². The van der Waals surface area contributed by atoms with Gasteiger partial charge in [-0.3, -0.25) is 4.90 Å². The number of nitrogens with zero attached hydrogens (tertiary/aromatic N) is 1. The maximum atomic E-state index is 3.44. The highest BCUT2D eigenvalue weighted by atomic mass is 15.2. The summed E-state index contributed by atoms with van der Waals surface area (Å²) >= 11 is 0. The molecule has 1 aromatic rings. The van der Waals surface area contributed by atoms with Crippen LogP contribution in [0.3, 0.4) is 0 Å². The van der Waals surface area contributed by atoms with Gasteiger partial charge in [0.1, 0.15) is 0 Å². The van der Waals surface area contributed by atoms with E-state index in [4.69, 9.17) is 0 Å². The maximum Gasteiger partial charge on any atom is 0.0234 e. The molecule has 0 radical (unpaired) electrons. The van der Waals surface area contributed by atoms with Crippen molar-refractivity contribution in [2.75, 3.05) is 39.3 Å². The summed E-state index contributed by atoms with van der Waals surface area (Å²) in [5.41, 5.74) is 2.99. The molecule has 0 aliphatic carbocycles. The quantitative estimate of drug-likeness (QED) is 0.862. The molecule has 2 aliphatic heterocycles. The fraction of sp³-hybridized carbons (Fsp3) is 0.625. The van der Waals surface area contributed by atoms with Crippen molar-refractivity contribution in [3.05, 3.63) is 35.4 Å². The van der Waals surface area contributed by atoms with Gasteiger partial charge >= 0.3 is 0 Å². The number of nitrogens with one attached hydrogen (secondary N) is 2. The second kappa shape index (κ2) is 6.51. The van der Waals surface area contributed by atoms with Gasteiger partial charge in [0.15, 0.2) is 0 Å². The summed E-state index contributed by atoms with van der Waals surface area (Å²) in [5.74, 6) is 0.773. The van der Waals surface area contributed by atoms with Crippen LogP contribution in [0.15, 0.2) is 24.3 Å². The molecule has 0 amide bonds.